The van der Waals surface area contributed by atoms with Crippen molar-refractivity contribution < 1.29 is 9.47 Å². The summed E-state index contributed by atoms with van der Waals surface area (Å²) in [6, 6.07) is 5.85. The van der Waals surface area contributed by atoms with E-state index in [-0.39, 0.29) is 6.04 Å². The number of hydrogen-bond acceptors (Lipinski definition) is 7. The second-order valence-electron chi connectivity index (χ2n) is 4.78. The number of ether oxygens (including phenoxy) is 2. The van der Waals surface area contributed by atoms with Crippen LogP contribution >= 0.6 is 23.3 Å². The van der Waals surface area contributed by atoms with E-state index in [9.17, 15) is 0 Å². The molecule has 2 aromatic rings. The number of hydrogen-bond donors (Lipinski definition) is 1. The van der Waals surface area contributed by atoms with Crippen molar-refractivity contribution in [1.82, 2.24) is 9.36 Å². The molecule has 0 bridgehead atoms. The van der Waals surface area contributed by atoms with Gasteiger partial charge in [-0.25, -0.2) is 4.98 Å². The number of benzene rings is 1. The van der Waals surface area contributed by atoms with Crippen LogP contribution in [0.1, 0.15) is 23.9 Å². The normalized spacial score (nSPS) is 15.5. The Bertz CT molecular complexity index is 618. The summed E-state index contributed by atoms with van der Waals surface area (Å²) < 4.78 is 16.4. The van der Waals surface area contributed by atoms with Gasteiger partial charge in [0.05, 0.1) is 13.2 Å². The lowest BCUT2D eigenvalue weighted by atomic mass is 10.1. The molecule has 0 spiro atoms. The van der Waals surface area contributed by atoms with Crippen molar-refractivity contribution in [3.8, 4) is 11.5 Å². The van der Waals surface area contributed by atoms with Crippen LogP contribution in [0.5, 0.6) is 11.5 Å². The molecule has 0 amide bonds. The highest BCUT2D eigenvalue weighted by Gasteiger charge is 2.14. The molecular formula is C14H17N3O2S2. The minimum atomic E-state index is -0.0728. The Morgan fingerprint density at radius 1 is 1.33 bits per heavy atom. The second-order valence-corrected chi connectivity index (χ2v) is 6.80. The van der Waals surface area contributed by atoms with E-state index in [1.165, 1.54) is 11.5 Å². The molecule has 7 heteroatoms. The van der Waals surface area contributed by atoms with Crippen LogP contribution in [0.25, 0.3) is 0 Å². The van der Waals surface area contributed by atoms with Crippen LogP contribution < -0.4 is 15.2 Å². The van der Waals surface area contributed by atoms with E-state index in [2.05, 4.69) is 9.36 Å². The minimum absolute atomic E-state index is 0.0728. The molecule has 112 valence electrons. The first-order valence-corrected chi connectivity index (χ1v) is 8.56. The highest BCUT2D eigenvalue weighted by Crippen LogP contribution is 2.33. The summed E-state index contributed by atoms with van der Waals surface area (Å²) in [7, 11) is 0. The lowest BCUT2D eigenvalue weighted by Gasteiger charge is -2.14. The maximum absolute atomic E-state index is 6.26. The third-order valence-electron chi connectivity index (χ3n) is 3.10. The quantitative estimate of drug-likeness (QED) is 0.873. The summed E-state index contributed by atoms with van der Waals surface area (Å²) in [5, 5.41) is 0. The number of aryl methyl sites for hydroxylation is 1. The summed E-state index contributed by atoms with van der Waals surface area (Å²) in [6.45, 7) is 3.28. The molecule has 2 heterocycles. The van der Waals surface area contributed by atoms with Crippen LogP contribution in [-0.4, -0.2) is 28.3 Å². The van der Waals surface area contributed by atoms with Gasteiger partial charge in [-0.15, -0.1) is 0 Å². The van der Waals surface area contributed by atoms with Crippen molar-refractivity contribution in [2.45, 2.75) is 23.7 Å². The van der Waals surface area contributed by atoms with Crippen molar-refractivity contribution in [3.63, 3.8) is 0 Å². The average Bonchev–Trinajstić information content (AvgIpc) is 2.77. The lowest BCUT2D eigenvalue weighted by molar-refractivity contribution is 0.297. The van der Waals surface area contributed by atoms with Gasteiger partial charge in [-0.2, -0.15) is 4.37 Å². The molecule has 1 unspecified atom stereocenters. The van der Waals surface area contributed by atoms with E-state index in [4.69, 9.17) is 15.2 Å². The van der Waals surface area contributed by atoms with E-state index in [1.54, 1.807) is 11.8 Å². The van der Waals surface area contributed by atoms with Crippen LogP contribution in [0.15, 0.2) is 22.5 Å². The number of thioether (sulfide) groups is 1. The molecular weight excluding hydrogens is 306 g/mol. The van der Waals surface area contributed by atoms with Crippen LogP contribution in [0.4, 0.5) is 0 Å². The summed E-state index contributed by atoms with van der Waals surface area (Å²) >= 11 is 3.05. The van der Waals surface area contributed by atoms with Gasteiger partial charge in [0.1, 0.15) is 5.82 Å². The lowest BCUT2D eigenvalue weighted by Crippen LogP contribution is -2.13. The van der Waals surface area contributed by atoms with Crippen molar-refractivity contribution in [2.24, 2.45) is 5.73 Å². The van der Waals surface area contributed by atoms with Crippen molar-refractivity contribution in [2.75, 3.05) is 19.0 Å². The molecule has 0 saturated heterocycles. The van der Waals surface area contributed by atoms with Gasteiger partial charge in [-0.05, 0) is 36.2 Å². The molecule has 1 aromatic heterocycles. The van der Waals surface area contributed by atoms with E-state index >= 15 is 0 Å². The average molecular weight is 323 g/mol. The molecule has 0 aliphatic carbocycles. The van der Waals surface area contributed by atoms with Crippen molar-refractivity contribution >= 4 is 23.3 Å². The Hall–Kier alpha value is -1.31. The highest BCUT2D eigenvalue weighted by atomic mass is 32.2. The number of nitrogens with two attached hydrogens (primary N) is 1. The Morgan fingerprint density at radius 3 is 2.90 bits per heavy atom. The zero-order valence-corrected chi connectivity index (χ0v) is 13.4. The fraction of sp³-hybridized carbons (Fsp3) is 0.429. The standard InChI is InChI=1S/C14H17N3O2S2/c1-9-16-14(21-17-9)20-8-11(15)10-3-4-12-13(7-10)19-6-2-5-18-12/h3-4,7,11H,2,5-6,8,15H2,1H3. The van der Waals surface area contributed by atoms with Gasteiger partial charge < -0.3 is 15.2 Å². The van der Waals surface area contributed by atoms with Gasteiger partial charge >= 0.3 is 0 Å². The molecule has 5 nitrogen and oxygen atoms in total. The van der Waals surface area contributed by atoms with Gasteiger partial charge in [0.15, 0.2) is 15.8 Å². The monoisotopic (exact) mass is 323 g/mol. The fourth-order valence-electron chi connectivity index (χ4n) is 2.00. The Balaban J connectivity index is 1.66. The summed E-state index contributed by atoms with van der Waals surface area (Å²) in [6.07, 6.45) is 0.905. The van der Waals surface area contributed by atoms with Gasteiger partial charge in [0.25, 0.3) is 0 Å². The minimum Gasteiger partial charge on any atom is -0.490 e. The number of nitrogens with zero attached hydrogens (tertiary/aromatic N) is 2. The Kier molecular flexibility index (Phi) is 4.62. The first-order valence-electron chi connectivity index (χ1n) is 6.80. The Morgan fingerprint density at radius 2 is 2.14 bits per heavy atom. The molecule has 0 fully saturated rings. The molecule has 2 N–H and O–H groups in total. The first-order chi connectivity index (χ1) is 10.2. The molecule has 0 radical (unpaired) electrons. The molecule has 21 heavy (non-hydrogen) atoms. The smallest absolute Gasteiger partial charge is 0.170 e. The fourth-order valence-corrected chi connectivity index (χ4v) is 3.67. The molecule has 0 saturated carbocycles. The van der Waals surface area contributed by atoms with Crippen LogP contribution in [0.2, 0.25) is 0 Å². The van der Waals surface area contributed by atoms with E-state index < -0.39 is 0 Å². The first kappa shape index (κ1) is 14.6. The largest absolute Gasteiger partial charge is 0.490 e. The van der Waals surface area contributed by atoms with Gasteiger partial charge in [-0.3, -0.25) is 0 Å². The van der Waals surface area contributed by atoms with Crippen molar-refractivity contribution in [3.05, 3.63) is 29.6 Å². The number of fused-ring (bicyclic) bond motifs is 1. The topological polar surface area (TPSA) is 70.3 Å². The molecule has 1 aliphatic rings. The summed E-state index contributed by atoms with van der Waals surface area (Å²) in [5.41, 5.74) is 7.31. The Labute approximate surface area is 132 Å². The zero-order valence-electron chi connectivity index (χ0n) is 11.7. The van der Waals surface area contributed by atoms with E-state index in [0.717, 1.165) is 39.4 Å². The van der Waals surface area contributed by atoms with Gasteiger partial charge in [0, 0.05) is 18.2 Å². The molecule has 1 atom stereocenters. The second kappa shape index (κ2) is 6.64. The third-order valence-corrected chi connectivity index (χ3v) is 5.14. The maximum atomic E-state index is 6.26. The van der Waals surface area contributed by atoms with E-state index in [0.29, 0.717) is 13.2 Å². The predicted octanol–water partition coefficient (Wildman–Crippen LogP) is 2.80. The number of rotatable bonds is 4. The summed E-state index contributed by atoms with van der Waals surface area (Å²) in [5.74, 6) is 3.16. The van der Waals surface area contributed by atoms with Gasteiger partial charge in [-0.1, -0.05) is 17.8 Å². The zero-order chi connectivity index (χ0) is 14.7. The van der Waals surface area contributed by atoms with Crippen LogP contribution in [0, 0.1) is 6.92 Å². The highest BCUT2D eigenvalue weighted by molar-refractivity contribution is 8.00. The van der Waals surface area contributed by atoms with Crippen LogP contribution in [-0.2, 0) is 0 Å². The summed E-state index contributed by atoms with van der Waals surface area (Å²) in [4.78, 5) is 4.33. The SMILES string of the molecule is Cc1nsc(SCC(N)c2ccc3c(c2)OCCCO3)n1. The maximum Gasteiger partial charge on any atom is 0.170 e. The molecule has 1 aliphatic heterocycles. The van der Waals surface area contributed by atoms with Crippen molar-refractivity contribution in [1.29, 1.82) is 0 Å². The van der Waals surface area contributed by atoms with E-state index in [1.807, 2.05) is 25.1 Å². The van der Waals surface area contributed by atoms with Gasteiger partial charge in [0.2, 0.25) is 0 Å². The number of aromatic nitrogens is 2. The molecule has 1 aromatic carbocycles. The van der Waals surface area contributed by atoms with Crippen LogP contribution in [0.3, 0.4) is 0 Å². The third kappa shape index (κ3) is 3.66. The molecule has 3 rings (SSSR count). The predicted molar refractivity (Wildman–Crippen MR) is 84.3 cm³/mol.